The van der Waals surface area contributed by atoms with Gasteiger partial charge < -0.3 is 19.5 Å². The number of hydrogen-bond donors (Lipinski definition) is 2. The van der Waals surface area contributed by atoms with Crippen LogP contribution in [-0.2, 0) is 10.0 Å². The van der Waals surface area contributed by atoms with E-state index in [1.54, 1.807) is 18.2 Å². The number of ether oxygens (including phenoxy) is 2. The number of sulfonamides is 1. The summed E-state index contributed by atoms with van der Waals surface area (Å²) in [4.78, 5) is 14.0. The Kier molecular flexibility index (Phi) is 5.12. The van der Waals surface area contributed by atoms with E-state index in [4.69, 9.17) is 9.47 Å². The maximum atomic E-state index is 12.6. The standard InChI is InChI=1S/C14H20N2O6S/c1-21-10-4-9(5-11(6-10)22-2)14(18)16-7-12(13(17)8-16)15-23(3,19)20/h4-6,12-13,15,17H,7-8H2,1-3H3/t12-,13-/m1/s1. The van der Waals surface area contributed by atoms with Crippen molar-refractivity contribution in [3.8, 4) is 11.5 Å². The van der Waals surface area contributed by atoms with Gasteiger partial charge in [-0.05, 0) is 12.1 Å². The topological polar surface area (TPSA) is 105 Å². The number of methoxy groups -OCH3 is 2. The Morgan fingerprint density at radius 1 is 1.22 bits per heavy atom. The quantitative estimate of drug-likeness (QED) is 0.742. The van der Waals surface area contributed by atoms with E-state index < -0.39 is 22.2 Å². The van der Waals surface area contributed by atoms with Gasteiger partial charge in [0, 0.05) is 24.7 Å². The zero-order valence-corrected chi connectivity index (χ0v) is 14.0. The van der Waals surface area contributed by atoms with Crippen LogP contribution in [0.15, 0.2) is 18.2 Å². The highest BCUT2D eigenvalue weighted by molar-refractivity contribution is 7.88. The largest absolute Gasteiger partial charge is 0.497 e. The molecular formula is C14H20N2O6S. The lowest BCUT2D eigenvalue weighted by molar-refractivity contribution is 0.0764. The second-order valence-electron chi connectivity index (χ2n) is 5.38. The molecule has 9 heteroatoms. The lowest BCUT2D eigenvalue weighted by atomic mass is 10.1. The molecule has 2 atom stereocenters. The molecular weight excluding hydrogens is 324 g/mol. The van der Waals surface area contributed by atoms with E-state index in [2.05, 4.69) is 4.72 Å². The summed E-state index contributed by atoms with van der Waals surface area (Å²) < 4.78 is 35.2. The molecule has 0 unspecified atom stereocenters. The van der Waals surface area contributed by atoms with Gasteiger partial charge in [0.2, 0.25) is 10.0 Å². The number of β-amino-alcohol motifs (C(OH)–C–C–N with tert-alkyl or cyclic N) is 1. The van der Waals surface area contributed by atoms with E-state index in [1.807, 2.05) is 0 Å². The van der Waals surface area contributed by atoms with Crippen LogP contribution in [0.5, 0.6) is 11.5 Å². The van der Waals surface area contributed by atoms with Gasteiger partial charge in [-0.3, -0.25) is 4.79 Å². The smallest absolute Gasteiger partial charge is 0.254 e. The fourth-order valence-corrected chi connectivity index (χ4v) is 3.24. The van der Waals surface area contributed by atoms with Crippen molar-refractivity contribution in [2.24, 2.45) is 0 Å². The number of nitrogens with one attached hydrogen (secondary N) is 1. The van der Waals surface area contributed by atoms with Gasteiger partial charge in [-0.1, -0.05) is 0 Å². The van der Waals surface area contributed by atoms with Crippen LogP contribution in [0, 0.1) is 0 Å². The number of aliphatic hydroxyl groups excluding tert-OH is 1. The van der Waals surface area contributed by atoms with Gasteiger partial charge in [-0.2, -0.15) is 0 Å². The minimum atomic E-state index is -3.46. The number of carbonyl (C=O) groups excluding carboxylic acids is 1. The zero-order valence-electron chi connectivity index (χ0n) is 13.1. The first kappa shape index (κ1) is 17.5. The monoisotopic (exact) mass is 344 g/mol. The summed E-state index contributed by atoms with van der Waals surface area (Å²) in [6, 6.07) is 4.05. The summed E-state index contributed by atoms with van der Waals surface area (Å²) in [5, 5.41) is 9.95. The van der Waals surface area contributed by atoms with E-state index in [1.165, 1.54) is 19.1 Å². The predicted molar refractivity (Wildman–Crippen MR) is 83.2 cm³/mol. The number of nitrogens with zero attached hydrogens (tertiary/aromatic N) is 1. The third-order valence-corrected chi connectivity index (χ3v) is 4.27. The highest BCUT2D eigenvalue weighted by atomic mass is 32.2. The van der Waals surface area contributed by atoms with Crippen molar-refractivity contribution in [3.05, 3.63) is 23.8 Å². The van der Waals surface area contributed by atoms with E-state index in [-0.39, 0.29) is 19.0 Å². The second kappa shape index (κ2) is 6.73. The summed E-state index contributed by atoms with van der Waals surface area (Å²) in [6.07, 6.45) is 0.0538. The van der Waals surface area contributed by atoms with Crippen LogP contribution >= 0.6 is 0 Å². The second-order valence-corrected chi connectivity index (χ2v) is 7.16. The molecule has 0 saturated carbocycles. The number of hydrogen-bond acceptors (Lipinski definition) is 6. The average molecular weight is 344 g/mol. The molecule has 2 N–H and O–H groups in total. The van der Waals surface area contributed by atoms with Crippen molar-refractivity contribution in [1.82, 2.24) is 9.62 Å². The van der Waals surface area contributed by atoms with Gasteiger partial charge in [-0.25, -0.2) is 13.1 Å². The minimum absolute atomic E-state index is 0.0472. The van der Waals surface area contributed by atoms with Crippen LogP contribution in [0.4, 0.5) is 0 Å². The molecule has 0 aliphatic carbocycles. The molecule has 23 heavy (non-hydrogen) atoms. The maximum absolute atomic E-state index is 12.6. The van der Waals surface area contributed by atoms with Gasteiger partial charge in [0.25, 0.3) is 5.91 Å². The average Bonchev–Trinajstić information content (AvgIpc) is 2.84. The van der Waals surface area contributed by atoms with Crippen LogP contribution < -0.4 is 14.2 Å². The first-order chi connectivity index (χ1) is 10.7. The van der Waals surface area contributed by atoms with Crippen molar-refractivity contribution < 1.29 is 27.8 Å². The summed E-state index contributed by atoms with van der Waals surface area (Å²) in [5.41, 5.74) is 0.341. The number of benzene rings is 1. The van der Waals surface area contributed by atoms with Gasteiger partial charge in [0.15, 0.2) is 0 Å². The van der Waals surface area contributed by atoms with Crippen molar-refractivity contribution >= 4 is 15.9 Å². The number of carbonyl (C=O) groups is 1. The van der Waals surface area contributed by atoms with Crippen LogP contribution in [0.25, 0.3) is 0 Å². The molecule has 1 amide bonds. The molecule has 1 aromatic carbocycles. The summed E-state index contributed by atoms with van der Waals surface area (Å²) in [5.74, 6) is 0.607. The summed E-state index contributed by atoms with van der Waals surface area (Å²) in [7, 11) is -0.502. The molecule has 1 aromatic rings. The van der Waals surface area contributed by atoms with Crippen molar-refractivity contribution in [2.75, 3.05) is 33.6 Å². The van der Waals surface area contributed by atoms with Crippen molar-refractivity contribution in [1.29, 1.82) is 0 Å². The highest BCUT2D eigenvalue weighted by Crippen LogP contribution is 2.24. The molecule has 1 heterocycles. The van der Waals surface area contributed by atoms with Crippen LogP contribution in [0.3, 0.4) is 0 Å². The summed E-state index contributed by atoms with van der Waals surface area (Å²) >= 11 is 0. The lowest BCUT2D eigenvalue weighted by Crippen LogP contribution is -2.42. The molecule has 2 rings (SSSR count). The molecule has 8 nitrogen and oxygen atoms in total. The van der Waals surface area contributed by atoms with Crippen molar-refractivity contribution in [3.63, 3.8) is 0 Å². The van der Waals surface area contributed by atoms with E-state index >= 15 is 0 Å². The third-order valence-electron chi connectivity index (χ3n) is 3.54. The molecule has 0 aromatic heterocycles. The third kappa shape index (κ3) is 4.34. The van der Waals surface area contributed by atoms with Gasteiger partial charge >= 0.3 is 0 Å². The highest BCUT2D eigenvalue weighted by Gasteiger charge is 2.36. The Balaban J connectivity index is 2.18. The van der Waals surface area contributed by atoms with Crippen molar-refractivity contribution in [2.45, 2.75) is 12.1 Å². The first-order valence-corrected chi connectivity index (χ1v) is 8.80. The Morgan fingerprint density at radius 3 is 2.26 bits per heavy atom. The van der Waals surface area contributed by atoms with Crippen LogP contribution in [0.2, 0.25) is 0 Å². The molecule has 1 saturated heterocycles. The number of amides is 1. The van der Waals surface area contributed by atoms with E-state index in [0.29, 0.717) is 17.1 Å². The Morgan fingerprint density at radius 2 is 1.78 bits per heavy atom. The lowest BCUT2D eigenvalue weighted by Gasteiger charge is -2.17. The fraction of sp³-hybridized carbons (Fsp3) is 0.500. The molecule has 0 bridgehead atoms. The minimum Gasteiger partial charge on any atom is -0.497 e. The van der Waals surface area contributed by atoms with Gasteiger partial charge in [0.1, 0.15) is 11.5 Å². The summed E-state index contributed by atoms with van der Waals surface area (Å²) in [6.45, 7) is 0.137. The molecule has 1 fully saturated rings. The van der Waals surface area contributed by atoms with Crippen LogP contribution in [0.1, 0.15) is 10.4 Å². The van der Waals surface area contributed by atoms with Gasteiger partial charge in [0.05, 0.1) is 32.6 Å². The van der Waals surface area contributed by atoms with Gasteiger partial charge in [-0.15, -0.1) is 0 Å². The normalized spacial score (nSPS) is 21.3. The number of likely N-dealkylation sites (tertiary alicyclic amines) is 1. The maximum Gasteiger partial charge on any atom is 0.254 e. The van der Waals surface area contributed by atoms with E-state index in [9.17, 15) is 18.3 Å². The number of rotatable bonds is 5. The zero-order chi connectivity index (χ0) is 17.2. The molecule has 1 aliphatic rings. The molecule has 1 aliphatic heterocycles. The Hall–Kier alpha value is -1.84. The SMILES string of the molecule is COc1cc(OC)cc(C(=O)N2C[C@@H](O)[C@H](NS(C)(=O)=O)C2)c1. The Labute approximate surface area is 135 Å². The predicted octanol–water partition coefficient (Wildman–Crippen LogP) is -0.562. The van der Waals surface area contributed by atoms with Crippen LogP contribution in [-0.4, -0.2) is 70.0 Å². The molecule has 0 spiro atoms. The Bertz CT molecular complexity index is 668. The number of aliphatic hydroxyl groups is 1. The van der Waals surface area contributed by atoms with E-state index in [0.717, 1.165) is 6.26 Å². The first-order valence-electron chi connectivity index (χ1n) is 6.91. The fourth-order valence-electron chi connectivity index (χ4n) is 2.46. The molecule has 128 valence electrons. The molecule has 0 radical (unpaired) electrons.